The van der Waals surface area contributed by atoms with E-state index >= 15 is 0 Å². The molecule has 0 fully saturated rings. The molecule has 1 atom stereocenters. The number of fused-ring (bicyclic) bond motifs is 1. The first-order valence-corrected chi connectivity index (χ1v) is 5.40. The third-order valence-electron chi connectivity index (χ3n) is 2.51. The fourth-order valence-electron chi connectivity index (χ4n) is 1.78. The van der Waals surface area contributed by atoms with Gasteiger partial charge in [-0.15, -0.1) is 0 Å². The van der Waals surface area contributed by atoms with Crippen LogP contribution in [0.25, 0.3) is 0 Å². The average molecular weight is 273 g/mol. The van der Waals surface area contributed by atoms with Gasteiger partial charge in [-0.1, -0.05) is 0 Å². The van der Waals surface area contributed by atoms with Crippen molar-refractivity contribution in [1.82, 2.24) is 0 Å². The van der Waals surface area contributed by atoms with E-state index in [9.17, 15) is 9.18 Å². The van der Waals surface area contributed by atoms with E-state index in [0.29, 0.717) is 23.1 Å². The van der Waals surface area contributed by atoms with Crippen molar-refractivity contribution < 1.29 is 9.18 Å². The van der Waals surface area contributed by atoms with E-state index < -0.39 is 0 Å². The molecule has 0 aliphatic carbocycles. The van der Waals surface area contributed by atoms with Crippen molar-refractivity contribution >= 4 is 27.5 Å². The zero-order valence-corrected chi connectivity index (χ0v) is 9.47. The number of amides is 1. The van der Waals surface area contributed by atoms with Crippen molar-refractivity contribution in [2.24, 2.45) is 5.73 Å². The highest BCUT2D eigenvalue weighted by molar-refractivity contribution is 9.10. The molecule has 0 aromatic heterocycles. The molecule has 3 N–H and O–H groups in total. The summed E-state index contributed by atoms with van der Waals surface area (Å²) in [6, 6.07) is 2.76. The van der Waals surface area contributed by atoms with Gasteiger partial charge >= 0.3 is 0 Å². The number of hydrogen-bond acceptors (Lipinski definition) is 2. The number of hydrogen-bond donors (Lipinski definition) is 2. The predicted molar refractivity (Wildman–Crippen MR) is 59.1 cm³/mol. The van der Waals surface area contributed by atoms with Crippen molar-refractivity contribution in [1.29, 1.82) is 0 Å². The van der Waals surface area contributed by atoms with E-state index in [1.54, 1.807) is 0 Å². The van der Waals surface area contributed by atoms with Crippen LogP contribution in [0.15, 0.2) is 16.6 Å². The molecule has 3 nitrogen and oxygen atoms in total. The number of halogens is 2. The van der Waals surface area contributed by atoms with Gasteiger partial charge in [-0.25, -0.2) is 4.39 Å². The van der Waals surface area contributed by atoms with Gasteiger partial charge in [0.1, 0.15) is 5.82 Å². The molecule has 0 radical (unpaired) electrons. The fourth-order valence-corrected chi connectivity index (χ4v) is 2.33. The highest BCUT2D eigenvalue weighted by atomic mass is 79.9. The largest absolute Gasteiger partial charge is 0.330 e. The first-order valence-electron chi connectivity index (χ1n) is 4.60. The summed E-state index contributed by atoms with van der Waals surface area (Å²) in [6.45, 7) is 0.344. The van der Waals surface area contributed by atoms with Crippen LogP contribution in [-0.4, -0.2) is 12.5 Å². The van der Waals surface area contributed by atoms with Crippen LogP contribution in [0.2, 0.25) is 0 Å². The van der Waals surface area contributed by atoms with Crippen LogP contribution in [0.1, 0.15) is 17.9 Å². The van der Waals surface area contributed by atoms with E-state index in [1.807, 2.05) is 0 Å². The molecule has 1 aromatic rings. The summed E-state index contributed by atoms with van der Waals surface area (Å²) in [6.07, 6.45) is 0.319. The van der Waals surface area contributed by atoms with Gasteiger partial charge in [-0.05, 0) is 40.2 Å². The normalized spacial score (nSPS) is 19.7. The van der Waals surface area contributed by atoms with Gasteiger partial charge in [0.25, 0.3) is 0 Å². The minimum Gasteiger partial charge on any atom is -0.330 e. The molecule has 2 rings (SSSR count). The summed E-state index contributed by atoms with van der Waals surface area (Å²) >= 11 is 3.22. The van der Waals surface area contributed by atoms with Gasteiger partial charge < -0.3 is 11.1 Å². The van der Waals surface area contributed by atoms with Gasteiger partial charge in [0.15, 0.2) is 0 Å². The van der Waals surface area contributed by atoms with Crippen molar-refractivity contribution in [3.63, 3.8) is 0 Å². The maximum absolute atomic E-state index is 13.2. The molecule has 0 spiro atoms. The summed E-state index contributed by atoms with van der Waals surface area (Å²) < 4.78 is 13.7. The molecule has 1 heterocycles. The molecule has 0 saturated carbocycles. The third-order valence-corrected chi connectivity index (χ3v) is 3.13. The van der Waals surface area contributed by atoms with E-state index in [4.69, 9.17) is 5.73 Å². The highest BCUT2D eigenvalue weighted by Crippen LogP contribution is 2.37. The molecular weight excluding hydrogens is 263 g/mol. The van der Waals surface area contributed by atoms with E-state index in [1.165, 1.54) is 12.1 Å². The van der Waals surface area contributed by atoms with E-state index in [2.05, 4.69) is 21.2 Å². The first kappa shape index (κ1) is 10.6. The molecular formula is C10H10BrFN2O. The number of anilines is 1. The third kappa shape index (κ3) is 1.89. The number of nitrogens with two attached hydrogens (primary N) is 1. The van der Waals surface area contributed by atoms with Gasteiger partial charge in [0, 0.05) is 16.8 Å². The van der Waals surface area contributed by atoms with Crippen molar-refractivity contribution in [2.75, 3.05) is 11.9 Å². The summed E-state index contributed by atoms with van der Waals surface area (Å²) in [7, 11) is 0. The summed E-state index contributed by atoms with van der Waals surface area (Å²) in [5.41, 5.74) is 6.97. The Balaban J connectivity index is 2.55. The van der Waals surface area contributed by atoms with Crippen molar-refractivity contribution in [3.8, 4) is 0 Å². The Hall–Kier alpha value is -0.940. The molecule has 5 heteroatoms. The molecule has 1 unspecified atom stereocenters. The van der Waals surface area contributed by atoms with E-state index in [0.717, 1.165) is 5.56 Å². The number of carbonyl (C=O) groups is 1. The quantitative estimate of drug-likeness (QED) is 0.822. The topological polar surface area (TPSA) is 55.1 Å². The Morgan fingerprint density at radius 1 is 1.60 bits per heavy atom. The summed E-state index contributed by atoms with van der Waals surface area (Å²) in [4.78, 5) is 11.4. The summed E-state index contributed by atoms with van der Waals surface area (Å²) in [5.74, 6) is -0.499. The van der Waals surface area contributed by atoms with E-state index in [-0.39, 0.29) is 17.6 Å². The van der Waals surface area contributed by atoms with Gasteiger partial charge in [0.2, 0.25) is 5.91 Å². The van der Waals surface area contributed by atoms with Crippen LogP contribution < -0.4 is 11.1 Å². The lowest BCUT2D eigenvalue weighted by molar-refractivity contribution is -0.116. The van der Waals surface area contributed by atoms with Crippen molar-refractivity contribution in [2.45, 2.75) is 12.3 Å². The number of benzene rings is 1. The minimum absolute atomic E-state index is 0.0785. The van der Waals surface area contributed by atoms with Gasteiger partial charge in [-0.3, -0.25) is 4.79 Å². The molecule has 0 saturated heterocycles. The number of rotatable bonds is 1. The highest BCUT2D eigenvalue weighted by Gasteiger charge is 2.26. The lowest BCUT2D eigenvalue weighted by Crippen LogP contribution is -2.27. The minimum atomic E-state index is -0.324. The zero-order valence-electron chi connectivity index (χ0n) is 7.89. The standard InChI is InChI=1S/C10H10BrFN2O/c11-8-3-6(12)2-7-5(4-13)1-9(15)14-10(7)8/h2-3,5H,1,4,13H2,(H,14,15). The smallest absolute Gasteiger partial charge is 0.225 e. The second-order valence-electron chi connectivity index (χ2n) is 3.54. The average Bonchev–Trinajstić information content (AvgIpc) is 2.18. The molecule has 0 bridgehead atoms. The van der Waals surface area contributed by atoms with Crippen LogP contribution in [0.4, 0.5) is 10.1 Å². The molecule has 15 heavy (non-hydrogen) atoms. The van der Waals surface area contributed by atoms with Crippen LogP contribution in [-0.2, 0) is 4.79 Å². The number of nitrogens with one attached hydrogen (secondary N) is 1. The Morgan fingerprint density at radius 3 is 3.00 bits per heavy atom. The van der Waals surface area contributed by atoms with Crippen molar-refractivity contribution in [3.05, 3.63) is 28.0 Å². The SMILES string of the molecule is NCC1CC(=O)Nc2c(Br)cc(F)cc21. The molecule has 1 aliphatic heterocycles. The first-order chi connectivity index (χ1) is 7.11. The van der Waals surface area contributed by atoms with Crippen LogP contribution in [0, 0.1) is 5.82 Å². The Bertz CT molecular complexity index is 422. The second kappa shape index (κ2) is 3.90. The van der Waals surface area contributed by atoms with Crippen LogP contribution in [0.5, 0.6) is 0 Å². The molecule has 1 amide bonds. The Morgan fingerprint density at radius 2 is 2.33 bits per heavy atom. The molecule has 80 valence electrons. The monoisotopic (exact) mass is 272 g/mol. The summed E-state index contributed by atoms with van der Waals surface area (Å²) in [5, 5.41) is 2.71. The van der Waals surface area contributed by atoms with Crippen LogP contribution in [0.3, 0.4) is 0 Å². The predicted octanol–water partition coefficient (Wildman–Crippen LogP) is 1.97. The Kier molecular flexibility index (Phi) is 2.75. The zero-order chi connectivity index (χ0) is 11.0. The van der Waals surface area contributed by atoms with Crippen LogP contribution >= 0.6 is 15.9 Å². The molecule has 1 aromatic carbocycles. The maximum Gasteiger partial charge on any atom is 0.225 e. The molecule has 1 aliphatic rings. The Labute approximate surface area is 95.0 Å². The maximum atomic E-state index is 13.2. The fraction of sp³-hybridized carbons (Fsp3) is 0.300. The lowest BCUT2D eigenvalue weighted by atomic mass is 9.90. The van der Waals surface area contributed by atoms with Gasteiger partial charge in [0.05, 0.1) is 5.69 Å². The van der Waals surface area contributed by atoms with Gasteiger partial charge in [-0.2, -0.15) is 0 Å². The number of carbonyl (C=O) groups excluding carboxylic acids is 1. The lowest BCUT2D eigenvalue weighted by Gasteiger charge is -2.25. The second-order valence-corrected chi connectivity index (χ2v) is 4.39.